The third kappa shape index (κ3) is 2.37. The molecule has 0 fully saturated rings. The molecule has 0 aliphatic rings. The lowest BCUT2D eigenvalue weighted by molar-refractivity contribution is 0.100. The van der Waals surface area contributed by atoms with Crippen LogP contribution in [-0.2, 0) is 5.41 Å². The van der Waals surface area contributed by atoms with Crippen LogP contribution in [0, 0.1) is 0 Å². The van der Waals surface area contributed by atoms with Crippen molar-refractivity contribution in [3.8, 4) is 0 Å². The first-order valence-corrected chi connectivity index (χ1v) is 6.38. The van der Waals surface area contributed by atoms with Crippen molar-refractivity contribution in [2.24, 2.45) is 5.73 Å². The van der Waals surface area contributed by atoms with E-state index in [-0.39, 0.29) is 17.7 Å². The largest absolute Gasteiger partial charge is 0.324 e. The van der Waals surface area contributed by atoms with Crippen molar-refractivity contribution in [3.05, 3.63) is 28.8 Å². The Bertz CT molecular complexity index is 566. The Labute approximate surface area is 105 Å². The monoisotopic (exact) mass is 248 g/mol. The number of aromatic nitrogens is 1. The third-order valence-corrected chi connectivity index (χ3v) is 4.00. The molecule has 90 valence electrons. The highest BCUT2D eigenvalue weighted by atomic mass is 32.1. The molecule has 0 radical (unpaired) electrons. The number of benzene rings is 1. The summed E-state index contributed by atoms with van der Waals surface area (Å²) in [4.78, 5) is 16.1. The molecule has 2 rings (SSSR count). The molecule has 0 aliphatic heterocycles. The maximum atomic E-state index is 11.5. The number of nitrogens with zero attached hydrogens (tertiary/aromatic N) is 1. The maximum Gasteiger partial charge on any atom is 0.176 e. The molecule has 1 aromatic carbocycles. The molecule has 0 aliphatic carbocycles. The zero-order valence-corrected chi connectivity index (χ0v) is 11.1. The van der Waals surface area contributed by atoms with Gasteiger partial charge in [0.15, 0.2) is 5.78 Å². The summed E-state index contributed by atoms with van der Waals surface area (Å²) in [5.41, 5.74) is 6.93. The van der Waals surface area contributed by atoms with E-state index in [9.17, 15) is 4.79 Å². The Hall–Kier alpha value is -1.26. The molecule has 4 heteroatoms. The van der Waals surface area contributed by atoms with Crippen molar-refractivity contribution in [2.45, 2.75) is 26.2 Å². The van der Waals surface area contributed by atoms with E-state index in [1.165, 1.54) is 0 Å². The molecule has 0 atom stereocenters. The van der Waals surface area contributed by atoms with Gasteiger partial charge in [-0.15, -0.1) is 11.3 Å². The summed E-state index contributed by atoms with van der Waals surface area (Å²) in [5.74, 6) is -0.0443. The van der Waals surface area contributed by atoms with E-state index in [1.807, 2.05) is 18.2 Å². The van der Waals surface area contributed by atoms with Gasteiger partial charge in [-0.3, -0.25) is 4.79 Å². The lowest BCUT2D eigenvalue weighted by Crippen LogP contribution is -2.13. The number of Topliss-reactive ketones (excluding diaryl/α,β-unsaturated/α-hetero) is 1. The zero-order chi connectivity index (χ0) is 12.6. The van der Waals surface area contributed by atoms with Crippen LogP contribution >= 0.6 is 11.3 Å². The second kappa shape index (κ2) is 4.20. The molecule has 2 aromatic rings. The van der Waals surface area contributed by atoms with Crippen LogP contribution in [0.2, 0.25) is 0 Å². The molecule has 0 saturated heterocycles. The highest BCUT2D eigenvalue weighted by molar-refractivity contribution is 7.18. The maximum absolute atomic E-state index is 11.5. The van der Waals surface area contributed by atoms with Gasteiger partial charge in [0.1, 0.15) is 0 Å². The summed E-state index contributed by atoms with van der Waals surface area (Å²) in [5, 5.41) is 1.09. The number of hydrogen-bond acceptors (Lipinski definition) is 4. The average molecular weight is 248 g/mol. The average Bonchev–Trinajstić information content (AvgIpc) is 2.70. The van der Waals surface area contributed by atoms with Crippen LogP contribution in [0.15, 0.2) is 18.2 Å². The van der Waals surface area contributed by atoms with Crippen molar-refractivity contribution in [3.63, 3.8) is 0 Å². The topological polar surface area (TPSA) is 56.0 Å². The Morgan fingerprint density at radius 1 is 1.41 bits per heavy atom. The molecule has 1 heterocycles. The molecule has 0 amide bonds. The zero-order valence-electron chi connectivity index (χ0n) is 10.3. The van der Waals surface area contributed by atoms with E-state index in [0.29, 0.717) is 5.56 Å². The lowest BCUT2D eigenvalue weighted by atomic mass is 9.98. The number of fused-ring (bicyclic) bond motifs is 1. The van der Waals surface area contributed by atoms with Gasteiger partial charge in [-0.1, -0.05) is 20.8 Å². The first-order valence-electron chi connectivity index (χ1n) is 5.56. The van der Waals surface area contributed by atoms with Crippen LogP contribution in [0.25, 0.3) is 10.2 Å². The molecule has 2 N–H and O–H groups in total. The Kier molecular flexibility index (Phi) is 3.02. The number of nitrogens with two attached hydrogens (primary N) is 1. The summed E-state index contributed by atoms with van der Waals surface area (Å²) in [7, 11) is 0. The molecule has 1 aromatic heterocycles. The molecule has 0 saturated carbocycles. The minimum absolute atomic E-state index is 0.0434. The molecule has 3 nitrogen and oxygen atoms in total. The van der Waals surface area contributed by atoms with Crippen LogP contribution in [0.1, 0.15) is 36.1 Å². The summed E-state index contributed by atoms with van der Waals surface area (Å²) < 4.78 is 1.11. The first-order chi connectivity index (χ1) is 7.91. The van der Waals surface area contributed by atoms with Gasteiger partial charge in [-0.2, -0.15) is 0 Å². The predicted octanol–water partition coefficient (Wildman–Crippen LogP) is 2.74. The number of carbonyl (C=O) groups is 1. The fraction of sp³-hybridized carbons (Fsp3) is 0.385. The van der Waals surface area contributed by atoms with Gasteiger partial charge in [0.2, 0.25) is 0 Å². The predicted molar refractivity (Wildman–Crippen MR) is 71.7 cm³/mol. The normalized spacial score (nSPS) is 12.0. The summed E-state index contributed by atoms with van der Waals surface area (Å²) in [6.45, 7) is 6.45. The van der Waals surface area contributed by atoms with Crippen LogP contribution in [-0.4, -0.2) is 17.3 Å². The summed E-state index contributed by atoms with van der Waals surface area (Å²) in [6, 6.07) is 5.60. The van der Waals surface area contributed by atoms with E-state index < -0.39 is 0 Å². The van der Waals surface area contributed by atoms with Crippen LogP contribution in [0.4, 0.5) is 0 Å². The van der Waals surface area contributed by atoms with Gasteiger partial charge in [0, 0.05) is 11.0 Å². The first kappa shape index (κ1) is 12.2. The fourth-order valence-corrected chi connectivity index (χ4v) is 2.54. The summed E-state index contributed by atoms with van der Waals surface area (Å²) in [6.07, 6.45) is 0. The van der Waals surface area contributed by atoms with Crippen molar-refractivity contribution in [2.75, 3.05) is 6.54 Å². The van der Waals surface area contributed by atoms with E-state index in [4.69, 9.17) is 5.73 Å². The smallest absolute Gasteiger partial charge is 0.176 e. The van der Waals surface area contributed by atoms with Gasteiger partial charge in [-0.05, 0) is 18.2 Å². The van der Waals surface area contributed by atoms with Gasteiger partial charge in [0.05, 0.1) is 21.8 Å². The number of carbonyl (C=O) groups excluding carboxylic acids is 1. The van der Waals surface area contributed by atoms with Gasteiger partial charge < -0.3 is 5.73 Å². The van der Waals surface area contributed by atoms with Crippen molar-refractivity contribution in [1.82, 2.24) is 4.98 Å². The molecule has 0 unspecified atom stereocenters. The number of rotatable bonds is 2. The van der Waals surface area contributed by atoms with Gasteiger partial charge in [-0.25, -0.2) is 4.98 Å². The van der Waals surface area contributed by atoms with Gasteiger partial charge in [0.25, 0.3) is 0 Å². The SMILES string of the molecule is CC(C)(C)c1nc2cc(C(=O)CN)ccc2s1. The lowest BCUT2D eigenvalue weighted by Gasteiger charge is -2.13. The number of ketones is 1. The minimum Gasteiger partial charge on any atom is -0.324 e. The second-order valence-electron chi connectivity index (χ2n) is 5.08. The van der Waals surface area contributed by atoms with Gasteiger partial charge >= 0.3 is 0 Å². The third-order valence-electron chi connectivity index (χ3n) is 2.54. The highest BCUT2D eigenvalue weighted by Gasteiger charge is 2.19. The molecule has 17 heavy (non-hydrogen) atoms. The Balaban J connectivity index is 2.52. The molecular weight excluding hydrogens is 232 g/mol. The fourth-order valence-electron chi connectivity index (χ4n) is 1.54. The Morgan fingerprint density at radius 3 is 2.71 bits per heavy atom. The van der Waals surface area contributed by atoms with Crippen molar-refractivity contribution in [1.29, 1.82) is 0 Å². The number of hydrogen-bond donors (Lipinski definition) is 1. The second-order valence-corrected chi connectivity index (χ2v) is 6.11. The standard InChI is InChI=1S/C13H16N2OS/c1-13(2,3)12-15-9-6-8(10(16)7-14)4-5-11(9)17-12/h4-6H,7,14H2,1-3H3. The van der Waals surface area contributed by atoms with Crippen molar-refractivity contribution >= 4 is 27.3 Å². The molecule has 0 spiro atoms. The Morgan fingerprint density at radius 2 is 2.12 bits per heavy atom. The minimum atomic E-state index is -0.0443. The summed E-state index contributed by atoms with van der Waals surface area (Å²) >= 11 is 1.68. The van der Waals surface area contributed by atoms with Crippen LogP contribution in [0.3, 0.4) is 0 Å². The molecule has 0 bridgehead atoms. The highest BCUT2D eigenvalue weighted by Crippen LogP contribution is 2.31. The van der Waals surface area contributed by atoms with E-state index in [1.54, 1.807) is 11.3 Å². The molecular formula is C13H16N2OS. The quantitative estimate of drug-likeness (QED) is 0.831. The van der Waals surface area contributed by atoms with E-state index >= 15 is 0 Å². The van der Waals surface area contributed by atoms with Crippen LogP contribution in [0.5, 0.6) is 0 Å². The van der Waals surface area contributed by atoms with Crippen LogP contribution < -0.4 is 5.73 Å². The van der Waals surface area contributed by atoms with E-state index in [2.05, 4.69) is 25.8 Å². The van der Waals surface area contributed by atoms with Crippen molar-refractivity contribution < 1.29 is 4.79 Å². The van der Waals surface area contributed by atoms with E-state index in [0.717, 1.165) is 15.2 Å². The number of thiazole rings is 1.